The summed E-state index contributed by atoms with van der Waals surface area (Å²) in [6, 6.07) is -7.45. The second-order valence-electron chi connectivity index (χ2n) is 13.6. The lowest BCUT2D eigenvalue weighted by Crippen LogP contribution is -2.59. The number of aliphatic hydroxyl groups is 1. The van der Waals surface area contributed by atoms with Crippen LogP contribution in [-0.2, 0) is 38.4 Å². The minimum Gasteiger partial charge on any atom is -0.480 e. The van der Waals surface area contributed by atoms with Crippen LogP contribution in [0.15, 0.2) is 0 Å². The molecule has 0 aliphatic heterocycles. The Morgan fingerprint density at radius 1 is 0.647 bits per heavy atom. The molecule has 0 aliphatic rings. The van der Waals surface area contributed by atoms with E-state index in [4.69, 9.17) is 17.2 Å². The molecule has 19 heteroatoms. The Kier molecular flexibility index (Phi) is 21.9. The number of aliphatic carboxylic acids is 1. The van der Waals surface area contributed by atoms with Crippen molar-refractivity contribution in [2.45, 2.75) is 116 Å². The zero-order chi connectivity index (χ0) is 39.4. The number of amides is 7. The third-order valence-electron chi connectivity index (χ3n) is 7.50. The van der Waals surface area contributed by atoms with Crippen molar-refractivity contribution in [2.24, 2.45) is 35.0 Å². The molecule has 51 heavy (non-hydrogen) atoms. The maximum absolute atomic E-state index is 13.5. The molecule has 292 valence electrons. The van der Waals surface area contributed by atoms with E-state index in [0.717, 1.165) is 0 Å². The van der Waals surface area contributed by atoms with Crippen molar-refractivity contribution >= 4 is 47.3 Å². The second-order valence-corrected chi connectivity index (χ2v) is 13.6. The van der Waals surface area contributed by atoms with E-state index < -0.39 is 109 Å². The SMILES string of the molecule is CC(C)C[C@H](NC(=O)CNC(=O)[C@H](CO)NC(=O)[C@@H](N)CC(N)=O)C(=O)N[C@@H](CC(C)C)C(=O)N[C@H](C(=O)N[C@@H](CCCCN)C(=O)O)C(C)C. The summed E-state index contributed by atoms with van der Waals surface area (Å²) in [5, 5.41) is 33.8. The third-order valence-corrected chi connectivity index (χ3v) is 7.50. The smallest absolute Gasteiger partial charge is 0.326 e. The molecule has 0 aromatic rings. The summed E-state index contributed by atoms with van der Waals surface area (Å²) in [6.45, 7) is 9.46. The van der Waals surface area contributed by atoms with Crippen LogP contribution in [0.3, 0.4) is 0 Å². The molecule has 6 atom stereocenters. The number of carbonyl (C=O) groups excluding carboxylic acids is 7. The molecule has 7 amide bonds. The summed E-state index contributed by atoms with van der Waals surface area (Å²) in [7, 11) is 0. The first kappa shape index (κ1) is 46.6. The number of nitrogens with two attached hydrogens (primary N) is 3. The summed E-state index contributed by atoms with van der Waals surface area (Å²) < 4.78 is 0. The van der Waals surface area contributed by atoms with Crippen LogP contribution in [0.5, 0.6) is 0 Å². The number of hydrogen-bond donors (Lipinski definition) is 11. The van der Waals surface area contributed by atoms with Crippen molar-refractivity contribution in [3.63, 3.8) is 0 Å². The maximum atomic E-state index is 13.5. The molecule has 0 saturated heterocycles. The molecule has 19 nitrogen and oxygen atoms in total. The van der Waals surface area contributed by atoms with E-state index in [0.29, 0.717) is 19.4 Å². The predicted molar refractivity (Wildman–Crippen MR) is 186 cm³/mol. The number of unbranched alkanes of at least 4 members (excludes halogenated alkanes) is 1. The number of hydrogen-bond acceptors (Lipinski definition) is 11. The van der Waals surface area contributed by atoms with Gasteiger partial charge in [0, 0.05) is 0 Å². The van der Waals surface area contributed by atoms with Gasteiger partial charge in [-0.2, -0.15) is 0 Å². The van der Waals surface area contributed by atoms with Crippen LogP contribution in [0.2, 0.25) is 0 Å². The highest BCUT2D eigenvalue weighted by molar-refractivity contribution is 5.96. The third kappa shape index (κ3) is 19.0. The van der Waals surface area contributed by atoms with Gasteiger partial charge in [-0.15, -0.1) is 0 Å². The van der Waals surface area contributed by atoms with Gasteiger partial charge < -0.3 is 59.3 Å². The van der Waals surface area contributed by atoms with Crippen molar-refractivity contribution in [1.82, 2.24) is 31.9 Å². The van der Waals surface area contributed by atoms with Crippen molar-refractivity contribution < 1.29 is 48.6 Å². The summed E-state index contributed by atoms with van der Waals surface area (Å²) in [5.41, 5.74) is 16.0. The highest BCUT2D eigenvalue weighted by Gasteiger charge is 2.33. The van der Waals surface area contributed by atoms with E-state index in [9.17, 15) is 48.6 Å². The zero-order valence-electron chi connectivity index (χ0n) is 30.5. The average Bonchev–Trinajstić information content (AvgIpc) is 3.02. The highest BCUT2D eigenvalue weighted by Crippen LogP contribution is 2.11. The Hall–Kier alpha value is -4.36. The van der Waals surface area contributed by atoms with Crippen molar-refractivity contribution in [3.05, 3.63) is 0 Å². The van der Waals surface area contributed by atoms with Crippen molar-refractivity contribution in [3.8, 4) is 0 Å². The molecule has 0 spiro atoms. The first-order valence-corrected chi connectivity index (χ1v) is 17.1. The number of nitrogens with one attached hydrogen (secondary N) is 6. The molecule has 0 radical (unpaired) electrons. The molecule has 0 unspecified atom stereocenters. The Morgan fingerprint density at radius 3 is 1.63 bits per heavy atom. The lowest BCUT2D eigenvalue weighted by atomic mass is 9.98. The van der Waals surface area contributed by atoms with Crippen LogP contribution in [0.4, 0.5) is 0 Å². The largest absolute Gasteiger partial charge is 0.480 e. The first-order chi connectivity index (χ1) is 23.7. The number of carboxylic acid groups (broad SMARTS) is 1. The Morgan fingerprint density at radius 2 is 1.16 bits per heavy atom. The van der Waals surface area contributed by atoms with Gasteiger partial charge in [0.1, 0.15) is 30.2 Å². The fraction of sp³-hybridized carbons (Fsp3) is 0.750. The summed E-state index contributed by atoms with van der Waals surface area (Å²) in [6.07, 6.45) is 1.02. The van der Waals surface area contributed by atoms with Crippen molar-refractivity contribution in [1.29, 1.82) is 0 Å². The van der Waals surface area contributed by atoms with Gasteiger partial charge in [0.15, 0.2) is 0 Å². The van der Waals surface area contributed by atoms with Gasteiger partial charge in [-0.1, -0.05) is 41.5 Å². The molecule has 14 N–H and O–H groups in total. The minimum atomic E-state index is -1.50. The molecule has 0 saturated carbocycles. The molecular formula is C32H59N9O10. The predicted octanol–water partition coefficient (Wildman–Crippen LogP) is -3.32. The molecule has 0 aromatic heterocycles. The lowest BCUT2D eigenvalue weighted by Gasteiger charge is -2.28. The lowest BCUT2D eigenvalue weighted by molar-refractivity contribution is -0.143. The Balaban J connectivity index is 5.70. The molecule has 0 rings (SSSR count). The van der Waals surface area contributed by atoms with Gasteiger partial charge in [-0.3, -0.25) is 33.6 Å². The minimum absolute atomic E-state index is 0.0926. The Bertz CT molecular complexity index is 1200. The summed E-state index contributed by atoms with van der Waals surface area (Å²) >= 11 is 0. The standard InChI is InChI=1S/C32H59N9O10/c1-16(2)11-21(37-25(44)14-36-28(46)23(15-42)40-27(45)19(34)13-24(35)43)29(47)39-22(12-17(3)4)30(48)41-26(18(5)6)31(49)38-20(32(50)51)9-7-8-10-33/h16-23,26,42H,7-15,33-34H2,1-6H3,(H2,35,43)(H,36,46)(H,37,44)(H,38,49)(H,39,47)(H,40,45)(H,41,48)(H,50,51)/t19-,20-,21-,22-,23-,26-/m0/s1. The highest BCUT2D eigenvalue weighted by atomic mass is 16.4. The van der Waals surface area contributed by atoms with E-state index in [-0.39, 0.29) is 31.1 Å². The summed E-state index contributed by atoms with van der Waals surface area (Å²) in [4.78, 5) is 100. The average molecular weight is 730 g/mol. The normalized spacial score (nSPS) is 14.7. The van der Waals surface area contributed by atoms with E-state index in [1.54, 1.807) is 27.7 Å². The maximum Gasteiger partial charge on any atom is 0.326 e. The van der Waals surface area contributed by atoms with Crippen molar-refractivity contribution in [2.75, 3.05) is 19.7 Å². The van der Waals surface area contributed by atoms with Crippen LogP contribution in [0.1, 0.15) is 80.1 Å². The number of primary amides is 1. The molecule has 0 fully saturated rings. The van der Waals surface area contributed by atoms with Crippen LogP contribution in [0.25, 0.3) is 0 Å². The molecule has 0 bridgehead atoms. The topological polar surface area (TPSA) is 327 Å². The van der Waals surface area contributed by atoms with Gasteiger partial charge in [0.05, 0.1) is 25.6 Å². The number of carboxylic acids is 1. The van der Waals surface area contributed by atoms with E-state index >= 15 is 0 Å². The van der Waals surface area contributed by atoms with Gasteiger partial charge in [0.25, 0.3) is 0 Å². The summed E-state index contributed by atoms with van der Waals surface area (Å²) in [5.74, 6) is -7.47. The second kappa shape index (κ2) is 23.9. The van der Waals surface area contributed by atoms with Crippen LogP contribution >= 0.6 is 0 Å². The molecule has 0 heterocycles. The van der Waals surface area contributed by atoms with Crippen LogP contribution in [-0.4, -0.2) is 113 Å². The molecular weight excluding hydrogens is 670 g/mol. The van der Waals surface area contributed by atoms with Crippen LogP contribution in [0, 0.1) is 17.8 Å². The number of aliphatic hydroxyl groups excluding tert-OH is 1. The van der Waals surface area contributed by atoms with Gasteiger partial charge in [0.2, 0.25) is 41.4 Å². The van der Waals surface area contributed by atoms with E-state index in [1.165, 1.54) is 0 Å². The molecule has 0 aliphatic carbocycles. The fourth-order valence-corrected chi connectivity index (χ4v) is 4.80. The number of rotatable bonds is 25. The van der Waals surface area contributed by atoms with Gasteiger partial charge in [-0.25, -0.2) is 4.79 Å². The monoisotopic (exact) mass is 729 g/mol. The van der Waals surface area contributed by atoms with E-state index in [1.807, 2.05) is 13.8 Å². The van der Waals surface area contributed by atoms with Gasteiger partial charge in [-0.05, 0) is 56.4 Å². The molecule has 0 aromatic carbocycles. The van der Waals surface area contributed by atoms with E-state index in [2.05, 4.69) is 31.9 Å². The first-order valence-electron chi connectivity index (χ1n) is 17.1. The van der Waals surface area contributed by atoms with Crippen LogP contribution < -0.4 is 49.1 Å². The zero-order valence-corrected chi connectivity index (χ0v) is 30.5. The fourth-order valence-electron chi connectivity index (χ4n) is 4.80. The quantitative estimate of drug-likeness (QED) is 0.0412. The Labute approximate surface area is 298 Å². The van der Waals surface area contributed by atoms with Gasteiger partial charge >= 0.3 is 5.97 Å². The number of carbonyl (C=O) groups is 8.